The van der Waals surface area contributed by atoms with Crippen molar-refractivity contribution in [3.05, 3.63) is 23.8 Å². The van der Waals surface area contributed by atoms with Crippen LogP contribution in [0.15, 0.2) is 12.1 Å². The fourth-order valence-corrected chi connectivity index (χ4v) is 3.03. The molecule has 0 bridgehead atoms. The molecule has 0 aliphatic rings. The lowest BCUT2D eigenvalue weighted by molar-refractivity contribution is -0.125. The minimum atomic E-state index is -0.955. The van der Waals surface area contributed by atoms with Crippen LogP contribution in [0.2, 0.25) is 0 Å². The quantitative estimate of drug-likeness (QED) is 0.864. The van der Waals surface area contributed by atoms with Gasteiger partial charge in [-0.3, -0.25) is 4.79 Å². The van der Waals surface area contributed by atoms with Gasteiger partial charge in [0.2, 0.25) is 5.91 Å². The van der Waals surface area contributed by atoms with Crippen molar-refractivity contribution in [2.24, 2.45) is 11.1 Å². The lowest BCUT2D eigenvalue weighted by Crippen LogP contribution is -2.41. The second kappa shape index (κ2) is 7.30. The maximum atomic E-state index is 13.2. The van der Waals surface area contributed by atoms with E-state index >= 15 is 0 Å². The summed E-state index contributed by atoms with van der Waals surface area (Å²) in [6, 6.07) is 2.10. The number of nitrogens with one attached hydrogen (secondary N) is 1. The minimum Gasteiger partial charge on any atom is -0.329 e. The fourth-order valence-electron chi connectivity index (χ4n) is 2.16. The van der Waals surface area contributed by atoms with E-state index in [4.69, 9.17) is 5.73 Å². The number of aromatic nitrogens is 1. The molecule has 1 heterocycles. The monoisotopic (exact) mass is 349 g/mol. The van der Waals surface area contributed by atoms with Gasteiger partial charge in [0.15, 0.2) is 16.8 Å². The largest absolute Gasteiger partial charge is 0.329 e. The SMILES string of the molecule is CCC(CC)(CN)C(=O)Nc1nc2cc(F)c(F)cc2s1.Cl. The normalized spacial score (nSPS) is 11.3. The molecule has 0 aliphatic heterocycles. The van der Waals surface area contributed by atoms with Crippen LogP contribution in [-0.4, -0.2) is 17.4 Å². The summed E-state index contributed by atoms with van der Waals surface area (Å²) in [7, 11) is 0. The van der Waals surface area contributed by atoms with Gasteiger partial charge in [-0.05, 0) is 18.9 Å². The molecular formula is C14H18ClF2N3OS. The standard InChI is InChI=1S/C14H17F2N3OS.ClH/c1-3-14(4-2,7-17)12(20)19-13-18-10-5-8(15)9(16)6-11(10)21-13;/h5-6H,3-4,7,17H2,1-2H3,(H,18,19,20);1H. The fraction of sp³-hybridized carbons (Fsp3) is 0.429. The Kier molecular flexibility index (Phi) is 6.22. The van der Waals surface area contributed by atoms with E-state index in [1.54, 1.807) is 0 Å². The first-order valence-electron chi connectivity index (χ1n) is 6.73. The third kappa shape index (κ3) is 3.37. The Morgan fingerprint density at radius 1 is 1.32 bits per heavy atom. The molecule has 0 saturated heterocycles. The van der Waals surface area contributed by atoms with E-state index < -0.39 is 17.0 Å². The van der Waals surface area contributed by atoms with E-state index in [1.807, 2.05) is 13.8 Å². The molecule has 122 valence electrons. The Balaban J connectivity index is 0.00000242. The maximum absolute atomic E-state index is 13.2. The highest BCUT2D eigenvalue weighted by Gasteiger charge is 2.33. The number of amides is 1. The molecule has 1 amide bonds. The smallest absolute Gasteiger partial charge is 0.233 e. The number of hydrogen-bond acceptors (Lipinski definition) is 4. The van der Waals surface area contributed by atoms with Crippen LogP contribution in [0.1, 0.15) is 26.7 Å². The lowest BCUT2D eigenvalue weighted by Gasteiger charge is -2.27. The third-order valence-corrected chi connectivity index (χ3v) is 4.81. The summed E-state index contributed by atoms with van der Waals surface area (Å²) in [5.41, 5.74) is 5.40. The predicted octanol–water partition coefficient (Wildman–Crippen LogP) is 3.70. The molecule has 0 spiro atoms. The van der Waals surface area contributed by atoms with Crippen LogP contribution in [0.4, 0.5) is 13.9 Å². The third-order valence-electron chi connectivity index (χ3n) is 3.88. The molecule has 0 fully saturated rings. The van der Waals surface area contributed by atoms with Gasteiger partial charge in [0, 0.05) is 12.6 Å². The first-order valence-corrected chi connectivity index (χ1v) is 7.54. The Bertz CT molecular complexity index is 626. The van der Waals surface area contributed by atoms with Crippen molar-refractivity contribution in [2.45, 2.75) is 26.7 Å². The van der Waals surface area contributed by atoms with Gasteiger partial charge < -0.3 is 11.1 Å². The van der Waals surface area contributed by atoms with E-state index in [-0.39, 0.29) is 24.9 Å². The summed E-state index contributed by atoms with van der Waals surface area (Å²) in [4.78, 5) is 16.5. The number of nitrogens with zero attached hydrogens (tertiary/aromatic N) is 1. The average Bonchev–Trinajstić information content (AvgIpc) is 2.83. The van der Waals surface area contributed by atoms with Crippen molar-refractivity contribution in [3.63, 3.8) is 0 Å². The van der Waals surface area contributed by atoms with Gasteiger partial charge in [-0.25, -0.2) is 13.8 Å². The van der Waals surface area contributed by atoms with Crippen LogP contribution in [0.3, 0.4) is 0 Å². The Morgan fingerprint density at radius 2 is 1.91 bits per heavy atom. The summed E-state index contributed by atoms with van der Waals surface area (Å²) in [6.07, 6.45) is 1.22. The average molecular weight is 350 g/mol. The predicted molar refractivity (Wildman–Crippen MR) is 87.5 cm³/mol. The number of halogens is 3. The van der Waals surface area contributed by atoms with Crippen molar-refractivity contribution >= 4 is 45.0 Å². The van der Waals surface area contributed by atoms with Gasteiger partial charge in [0.25, 0.3) is 0 Å². The van der Waals surface area contributed by atoms with Crippen LogP contribution in [0, 0.1) is 17.0 Å². The molecule has 2 aromatic rings. The van der Waals surface area contributed by atoms with Crippen LogP contribution in [0.25, 0.3) is 10.2 Å². The van der Waals surface area contributed by atoms with Crippen molar-refractivity contribution in [2.75, 3.05) is 11.9 Å². The zero-order chi connectivity index (χ0) is 15.6. The number of hydrogen-bond donors (Lipinski definition) is 2. The van der Waals surface area contributed by atoms with E-state index in [0.29, 0.717) is 28.2 Å². The highest BCUT2D eigenvalue weighted by molar-refractivity contribution is 7.22. The second-order valence-electron chi connectivity index (χ2n) is 4.90. The highest BCUT2D eigenvalue weighted by atomic mass is 35.5. The zero-order valence-electron chi connectivity index (χ0n) is 12.3. The van der Waals surface area contributed by atoms with E-state index in [0.717, 1.165) is 23.5 Å². The molecular weight excluding hydrogens is 332 g/mol. The minimum absolute atomic E-state index is 0. The van der Waals surface area contributed by atoms with E-state index in [1.165, 1.54) is 0 Å². The van der Waals surface area contributed by atoms with Crippen LogP contribution in [-0.2, 0) is 4.79 Å². The Hall–Kier alpha value is -1.31. The van der Waals surface area contributed by atoms with Gasteiger partial charge in [-0.15, -0.1) is 12.4 Å². The van der Waals surface area contributed by atoms with Gasteiger partial charge in [-0.1, -0.05) is 25.2 Å². The van der Waals surface area contributed by atoms with Crippen LogP contribution in [0.5, 0.6) is 0 Å². The number of benzene rings is 1. The number of rotatable bonds is 5. The topological polar surface area (TPSA) is 68.0 Å². The maximum Gasteiger partial charge on any atom is 0.233 e. The van der Waals surface area contributed by atoms with Gasteiger partial charge in [-0.2, -0.15) is 0 Å². The Labute approximate surface area is 137 Å². The summed E-state index contributed by atoms with van der Waals surface area (Å²) in [5, 5.41) is 3.03. The highest BCUT2D eigenvalue weighted by Crippen LogP contribution is 2.31. The van der Waals surface area contributed by atoms with Crippen molar-refractivity contribution in [1.29, 1.82) is 0 Å². The van der Waals surface area contributed by atoms with Crippen LogP contribution < -0.4 is 11.1 Å². The molecule has 0 unspecified atom stereocenters. The molecule has 0 aliphatic carbocycles. The molecule has 1 aromatic carbocycles. The van der Waals surface area contributed by atoms with Crippen molar-refractivity contribution in [3.8, 4) is 0 Å². The first kappa shape index (κ1) is 18.7. The van der Waals surface area contributed by atoms with E-state index in [2.05, 4.69) is 10.3 Å². The van der Waals surface area contributed by atoms with E-state index in [9.17, 15) is 13.6 Å². The van der Waals surface area contributed by atoms with Crippen molar-refractivity contribution in [1.82, 2.24) is 4.98 Å². The molecule has 0 radical (unpaired) electrons. The molecule has 8 heteroatoms. The summed E-state index contributed by atoms with van der Waals surface area (Å²) in [6.45, 7) is 4.04. The second-order valence-corrected chi connectivity index (χ2v) is 5.93. The van der Waals surface area contributed by atoms with Gasteiger partial charge in [0.05, 0.1) is 15.6 Å². The molecule has 1 aromatic heterocycles. The number of thiazole rings is 1. The Morgan fingerprint density at radius 3 is 2.45 bits per heavy atom. The molecule has 0 atom stereocenters. The lowest BCUT2D eigenvalue weighted by atomic mass is 9.81. The van der Waals surface area contributed by atoms with Gasteiger partial charge in [0.1, 0.15) is 0 Å². The zero-order valence-corrected chi connectivity index (χ0v) is 13.9. The number of carbonyl (C=O) groups excluding carboxylic acids is 1. The molecule has 3 N–H and O–H groups in total. The molecule has 0 saturated carbocycles. The number of fused-ring (bicyclic) bond motifs is 1. The molecule has 22 heavy (non-hydrogen) atoms. The van der Waals surface area contributed by atoms with Gasteiger partial charge >= 0.3 is 0 Å². The molecule has 4 nitrogen and oxygen atoms in total. The molecule has 2 rings (SSSR count). The number of anilines is 1. The number of carbonyl (C=O) groups is 1. The number of nitrogens with two attached hydrogens (primary N) is 1. The van der Waals surface area contributed by atoms with Crippen LogP contribution >= 0.6 is 23.7 Å². The summed E-state index contributed by atoms with van der Waals surface area (Å²) < 4.78 is 26.8. The summed E-state index contributed by atoms with van der Waals surface area (Å²) in [5.74, 6) is -2.10. The summed E-state index contributed by atoms with van der Waals surface area (Å²) >= 11 is 1.11. The van der Waals surface area contributed by atoms with Crippen molar-refractivity contribution < 1.29 is 13.6 Å². The first-order chi connectivity index (χ1) is 9.95.